The number of methoxy groups -OCH3 is 1. The SMILES string of the molecule is COC(=O)CC1CC(=O)c2cc(N3CC[C@@H](Oc4ccc(OC5CC5)nc4)C3=O)cc(F)c21. The number of ketones is 1. The van der Waals surface area contributed by atoms with Crippen molar-refractivity contribution in [1.29, 1.82) is 0 Å². The smallest absolute Gasteiger partial charge is 0.306 e. The van der Waals surface area contributed by atoms with Gasteiger partial charge in [-0.15, -0.1) is 0 Å². The fourth-order valence-electron chi connectivity index (χ4n) is 4.35. The minimum Gasteiger partial charge on any atom is -0.479 e. The van der Waals surface area contributed by atoms with E-state index in [4.69, 9.17) is 9.47 Å². The van der Waals surface area contributed by atoms with Crippen LogP contribution < -0.4 is 14.4 Å². The molecule has 1 aromatic heterocycles. The van der Waals surface area contributed by atoms with Gasteiger partial charge < -0.3 is 19.1 Å². The van der Waals surface area contributed by atoms with Crippen LogP contribution in [0.25, 0.3) is 0 Å². The fourth-order valence-corrected chi connectivity index (χ4v) is 4.35. The first-order chi connectivity index (χ1) is 15.9. The van der Waals surface area contributed by atoms with Crippen LogP contribution >= 0.6 is 0 Å². The molecule has 0 radical (unpaired) electrons. The molecule has 8 nitrogen and oxygen atoms in total. The van der Waals surface area contributed by atoms with E-state index in [1.54, 1.807) is 12.1 Å². The summed E-state index contributed by atoms with van der Waals surface area (Å²) in [6, 6.07) is 6.18. The van der Waals surface area contributed by atoms with Crippen molar-refractivity contribution in [3.05, 3.63) is 47.4 Å². The van der Waals surface area contributed by atoms with Crippen molar-refractivity contribution in [2.24, 2.45) is 0 Å². The Morgan fingerprint density at radius 3 is 2.70 bits per heavy atom. The number of fused-ring (bicyclic) bond motifs is 1. The van der Waals surface area contributed by atoms with Crippen molar-refractivity contribution in [2.75, 3.05) is 18.6 Å². The van der Waals surface area contributed by atoms with Crippen LogP contribution in [0.15, 0.2) is 30.5 Å². The van der Waals surface area contributed by atoms with Crippen molar-refractivity contribution in [2.45, 2.75) is 50.2 Å². The summed E-state index contributed by atoms with van der Waals surface area (Å²) in [5.41, 5.74) is 0.737. The molecule has 0 bridgehead atoms. The number of amides is 1. The minimum atomic E-state index is -0.735. The zero-order chi connectivity index (χ0) is 23.1. The molecule has 1 saturated heterocycles. The summed E-state index contributed by atoms with van der Waals surface area (Å²) in [6.45, 7) is 0.331. The highest BCUT2D eigenvalue weighted by Gasteiger charge is 2.38. The molecule has 1 aliphatic heterocycles. The maximum absolute atomic E-state index is 15.0. The standard InChI is InChI=1S/C24H23FN2O6/c1-31-22(29)9-13-8-19(28)17-10-14(11-18(25)23(13)17)27-7-6-20(24(27)30)32-16-4-5-21(26-12-16)33-15-2-3-15/h4-5,10-13,15,20H,2-3,6-9H2,1H3/t13?,20-/m1/s1. The number of Topliss-reactive ketones (excluding diaryl/α,β-unsaturated/α-hetero) is 1. The van der Waals surface area contributed by atoms with Gasteiger partial charge in [0.15, 0.2) is 11.9 Å². The molecule has 2 aromatic rings. The third-order valence-electron chi connectivity index (χ3n) is 6.16. The number of esters is 1. The Bertz CT molecular complexity index is 1110. The third-order valence-corrected chi connectivity index (χ3v) is 6.16. The lowest BCUT2D eigenvalue weighted by molar-refractivity contribution is -0.141. The van der Waals surface area contributed by atoms with Gasteiger partial charge in [-0.1, -0.05) is 0 Å². The lowest BCUT2D eigenvalue weighted by Crippen LogP contribution is -2.32. The summed E-state index contributed by atoms with van der Waals surface area (Å²) in [5.74, 6) is -1.26. The van der Waals surface area contributed by atoms with Gasteiger partial charge in [0.05, 0.1) is 19.7 Å². The maximum Gasteiger partial charge on any atom is 0.306 e. The van der Waals surface area contributed by atoms with Crippen molar-refractivity contribution in [1.82, 2.24) is 4.98 Å². The quantitative estimate of drug-likeness (QED) is 0.593. The van der Waals surface area contributed by atoms with E-state index in [0.717, 1.165) is 12.8 Å². The molecule has 0 spiro atoms. The van der Waals surface area contributed by atoms with Crippen LogP contribution in [0.4, 0.5) is 10.1 Å². The molecule has 5 rings (SSSR count). The summed E-state index contributed by atoms with van der Waals surface area (Å²) >= 11 is 0. The molecule has 2 fully saturated rings. The molecule has 1 aromatic carbocycles. The van der Waals surface area contributed by atoms with Crippen molar-refractivity contribution in [3.63, 3.8) is 0 Å². The van der Waals surface area contributed by atoms with E-state index in [-0.39, 0.29) is 41.8 Å². The molecule has 1 saturated carbocycles. The number of carbonyl (C=O) groups excluding carboxylic acids is 3. The number of hydrogen-bond acceptors (Lipinski definition) is 7. The molecule has 0 N–H and O–H groups in total. The van der Waals surface area contributed by atoms with Gasteiger partial charge in [-0.3, -0.25) is 14.4 Å². The van der Waals surface area contributed by atoms with Gasteiger partial charge in [0.1, 0.15) is 17.7 Å². The monoisotopic (exact) mass is 454 g/mol. The fraction of sp³-hybridized carbons (Fsp3) is 0.417. The largest absolute Gasteiger partial charge is 0.479 e. The second-order valence-corrected chi connectivity index (χ2v) is 8.53. The number of anilines is 1. The van der Waals surface area contributed by atoms with Crippen LogP contribution in [0.2, 0.25) is 0 Å². The predicted molar refractivity (Wildman–Crippen MR) is 114 cm³/mol. The highest BCUT2D eigenvalue weighted by atomic mass is 19.1. The summed E-state index contributed by atoms with van der Waals surface area (Å²) in [7, 11) is 1.25. The number of halogens is 1. The molecular weight excluding hydrogens is 431 g/mol. The Hall–Kier alpha value is -3.49. The topological polar surface area (TPSA) is 95.0 Å². The lowest BCUT2D eigenvalue weighted by atomic mass is 9.97. The number of pyridine rings is 1. The van der Waals surface area contributed by atoms with Gasteiger partial charge in [-0.2, -0.15) is 0 Å². The van der Waals surface area contributed by atoms with Gasteiger partial charge in [0.2, 0.25) is 5.88 Å². The Morgan fingerprint density at radius 2 is 2.00 bits per heavy atom. The number of hydrogen-bond donors (Lipinski definition) is 0. The summed E-state index contributed by atoms with van der Waals surface area (Å²) in [6.07, 6.45) is 3.48. The molecule has 2 atom stereocenters. The van der Waals surface area contributed by atoms with Crippen LogP contribution in [0.5, 0.6) is 11.6 Å². The van der Waals surface area contributed by atoms with Gasteiger partial charge in [0.25, 0.3) is 5.91 Å². The first-order valence-electron chi connectivity index (χ1n) is 11.0. The zero-order valence-corrected chi connectivity index (χ0v) is 18.1. The van der Waals surface area contributed by atoms with Crippen LogP contribution in [-0.2, 0) is 14.3 Å². The number of nitrogens with zero attached hydrogens (tertiary/aromatic N) is 2. The van der Waals surface area contributed by atoms with E-state index in [0.29, 0.717) is 30.3 Å². The summed E-state index contributed by atoms with van der Waals surface area (Å²) in [5, 5.41) is 0. The number of ether oxygens (including phenoxy) is 3. The number of carbonyl (C=O) groups is 3. The van der Waals surface area contributed by atoms with Crippen molar-refractivity contribution >= 4 is 23.3 Å². The minimum absolute atomic E-state index is 0.0396. The van der Waals surface area contributed by atoms with Crippen LogP contribution in [0.1, 0.15) is 53.9 Å². The second-order valence-electron chi connectivity index (χ2n) is 8.53. The van der Waals surface area contributed by atoms with Crippen LogP contribution in [0.3, 0.4) is 0 Å². The molecule has 172 valence electrons. The van der Waals surface area contributed by atoms with Gasteiger partial charge >= 0.3 is 5.97 Å². The number of benzene rings is 1. The van der Waals surface area contributed by atoms with E-state index in [1.165, 1.54) is 30.3 Å². The number of aromatic nitrogens is 1. The average Bonchev–Trinajstić information content (AvgIpc) is 3.47. The summed E-state index contributed by atoms with van der Waals surface area (Å²) < 4.78 is 31.1. The Labute approximate surface area is 189 Å². The highest BCUT2D eigenvalue weighted by Crippen LogP contribution is 2.40. The van der Waals surface area contributed by atoms with Gasteiger partial charge in [0, 0.05) is 48.2 Å². The Kier molecular flexibility index (Phi) is 5.47. The molecule has 2 heterocycles. The van der Waals surface area contributed by atoms with Crippen LogP contribution in [0, 0.1) is 5.82 Å². The third kappa shape index (κ3) is 4.27. The van der Waals surface area contributed by atoms with Gasteiger partial charge in [-0.25, -0.2) is 9.37 Å². The summed E-state index contributed by atoms with van der Waals surface area (Å²) in [4.78, 5) is 42.7. The molecule has 2 aliphatic carbocycles. The Balaban J connectivity index is 1.30. The van der Waals surface area contributed by atoms with E-state index in [2.05, 4.69) is 9.72 Å². The van der Waals surface area contributed by atoms with Crippen molar-refractivity contribution in [3.8, 4) is 11.6 Å². The molecule has 1 unspecified atom stereocenters. The second kappa shape index (κ2) is 8.46. The van der Waals surface area contributed by atoms with E-state index < -0.39 is 23.8 Å². The normalized spacial score (nSPS) is 21.8. The van der Waals surface area contributed by atoms with E-state index in [9.17, 15) is 18.8 Å². The van der Waals surface area contributed by atoms with E-state index >= 15 is 0 Å². The molecule has 3 aliphatic rings. The molecular formula is C24H23FN2O6. The Morgan fingerprint density at radius 1 is 1.18 bits per heavy atom. The predicted octanol–water partition coefficient (Wildman–Crippen LogP) is 3.18. The number of rotatable bonds is 7. The molecule has 33 heavy (non-hydrogen) atoms. The average molecular weight is 454 g/mol. The molecule has 9 heteroatoms. The lowest BCUT2D eigenvalue weighted by Gasteiger charge is -2.19. The van der Waals surface area contributed by atoms with E-state index in [1.807, 2.05) is 0 Å². The highest BCUT2D eigenvalue weighted by molar-refractivity contribution is 6.05. The molecule has 1 amide bonds. The maximum atomic E-state index is 15.0. The zero-order valence-electron chi connectivity index (χ0n) is 18.1. The van der Waals surface area contributed by atoms with Gasteiger partial charge in [-0.05, 0) is 31.0 Å². The first kappa shape index (κ1) is 21.4. The first-order valence-corrected chi connectivity index (χ1v) is 11.0. The van der Waals surface area contributed by atoms with Crippen molar-refractivity contribution < 1.29 is 33.0 Å². The van der Waals surface area contributed by atoms with Crippen LogP contribution in [-0.4, -0.2) is 48.5 Å².